The first-order chi connectivity index (χ1) is 6.43. The van der Waals surface area contributed by atoms with E-state index in [0.717, 1.165) is 0 Å². The van der Waals surface area contributed by atoms with E-state index < -0.39 is 0 Å². The molecule has 3 heteroatoms. The molecule has 0 aliphatic carbocycles. The minimum atomic E-state index is 1.22. The number of nitrogens with one attached hydrogen (secondary N) is 1. The molecule has 0 atom stereocenters. The molecule has 1 nitrogen and oxygen atoms in total. The SMILES string of the molecule is c1ccc2c(c1)Nc1sccc1S2. The molecule has 0 fully saturated rings. The summed E-state index contributed by atoms with van der Waals surface area (Å²) in [5.74, 6) is 0. The number of benzene rings is 1. The number of thiophene rings is 1. The van der Waals surface area contributed by atoms with Gasteiger partial charge in [-0.1, -0.05) is 23.9 Å². The van der Waals surface area contributed by atoms with Crippen molar-refractivity contribution in [1.29, 1.82) is 0 Å². The lowest BCUT2D eigenvalue weighted by molar-refractivity contribution is 1.36. The van der Waals surface area contributed by atoms with Crippen molar-refractivity contribution in [3.63, 3.8) is 0 Å². The van der Waals surface area contributed by atoms with E-state index in [4.69, 9.17) is 0 Å². The zero-order valence-electron chi connectivity index (χ0n) is 6.78. The summed E-state index contributed by atoms with van der Waals surface area (Å²) in [6.07, 6.45) is 0. The Bertz CT molecular complexity index is 408. The van der Waals surface area contributed by atoms with Crippen LogP contribution < -0.4 is 5.32 Å². The highest BCUT2D eigenvalue weighted by Gasteiger charge is 2.14. The van der Waals surface area contributed by atoms with Gasteiger partial charge < -0.3 is 5.32 Å². The van der Waals surface area contributed by atoms with Gasteiger partial charge in [-0.25, -0.2) is 0 Å². The van der Waals surface area contributed by atoms with Gasteiger partial charge in [0.1, 0.15) is 5.00 Å². The lowest BCUT2D eigenvalue weighted by Crippen LogP contribution is -1.95. The van der Waals surface area contributed by atoms with E-state index in [0.29, 0.717) is 0 Å². The number of rotatable bonds is 0. The van der Waals surface area contributed by atoms with Crippen molar-refractivity contribution in [2.75, 3.05) is 5.32 Å². The van der Waals surface area contributed by atoms with Crippen molar-refractivity contribution in [3.05, 3.63) is 35.7 Å². The maximum atomic E-state index is 3.42. The van der Waals surface area contributed by atoms with Gasteiger partial charge in [0.05, 0.1) is 5.69 Å². The minimum Gasteiger partial charge on any atom is -0.345 e. The highest BCUT2D eigenvalue weighted by atomic mass is 32.2. The molecular formula is C10H7NS2. The minimum absolute atomic E-state index is 1.22. The van der Waals surface area contributed by atoms with Gasteiger partial charge in [-0.2, -0.15) is 0 Å². The topological polar surface area (TPSA) is 12.0 Å². The monoisotopic (exact) mass is 205 g/mol. The quantitative estimate of drug-likeness (QED) is 0.596. The van der Waals surface area contributed by atoms with Crippen molar-refractivity contribution in [2.45, 2.75) is 9.79 Å². The zero-order chi connectivity index (χ0) is 8.67. The molecule has 2 heterocycles. The van der Waals surface area contributed by atoms with Crippen molar-refractivity contribution >= 4 is 33.8 Å². The van der Waals surface area contributed by atoms with E-state index >= 15 is 0 Å². The predicted molar refractivity (Wildman–Crippen MR) is 58.2 cm³/mol. The van der Waals surface area contributed by atoms with E-state index in [2.05, 4.69) is 41.0 Å². The van der Waals surface area contributed by atoms with Crippen LogP contribution in [0.25, 0.3) is 0 Å². The van der Waals surface area contributed by atoms with Gasteiger partial charge in [0.15, 0.2) is 0 Å². The molecule has 1 aliphatic heterocycles. The number of hydrogen-bond donors (Lipinski definition) is 1. The lowest BCUT2D eigenvalue weighted by atomic mass is 10.3. The Hall–Kier alpha value is -0.930. The number of para-hydroxylation sites is 1. The second kappa shape index (κ2) is 2.79. The summed E-state index contributed by atoms with van der Waals surface area (Å²) in [5, 5.41) is 6.81. The number of fused-ring (bicyclic) bond motifs is 2. The Balaban J connectivity index is 2.14. The van der Waals surface area contributed by atoms with Crippen LogP contribution in [0.15, 0.2) is 45.5 Å². The Labute approximate surface area is 84.8 Å². The lowest BCUT2D eigenvalue weighted by Gasteiger charge is -2.16. The van der Waals surface area contributed by atoms with Crippen LogP contribution in [-0.2, 0) is 0 Å². The van der Waals surface area contributed by atoms with E-state index in [9.17, 15) is 0 Å². The van der Waals surface area contributed by atoms with Crippen LogP contribution >= 0.6 is 23.1 Å². The molecule has 0 spiro atoms. The molecule has 3 rings (SSSR count). The highest BCUT2D eigenvalue weighted by molar-refractivity contribution is 8.00. The summed E-state index contributed by atoms with van der Waals surface area (Å²) >= 11 is 3.59. The van der Waals surface area contributed by atoms with Crippen LogP contribution in [0.2, 0.25) is 0 Å². The highest BCUT2D eigenvalue weighted by Crippen LogP contribution is 2.46. The van der Waals surface area contributed by atoms with E-state index in [1.165, 1.54) is 20.5 Å². The van der Waals surface area contributed by atoms with Gasteiger partial charge in [0.2, 0.25) is 0 Å². The molecular weight excluding hydrogens is 198 g/mol. The first-order valence-electron chi connectivity index (χ1n) is 4.05. The molecule has 0 bridgehead atoms. The summed E-state index contributed by atoms with van der Waals surface area (Å²) in [6, 6.07) is 10.6. The summed E-state index contributed by atoms with van der Waals surface area (Å²) in [4.78, 5) is 2.65. The smallest absolute Gasteiger partial charge is 0.107 e. The molecule has 1 aromatic carbocycles. The van der Waals surface area contributed by atoms with E-state index in [1.807, 2.05) is 11.8 Å². The van der Waals surface area contributed by atoms with Crippen molar-refractivity contribution < 1.29 is 0 Å². The van der Waals surface area contributed by atoms with Gasteiger partial charge in [-0.05, 0) is 23.6 Å². The van der Waals surface area contributed by atoms with E-state index in [-0.39, 0.29) is 0 Å². The molecule has 2 aromatic rings. The first-order valence-corrected chi connectivity index (χ1v) is 5.74. The fourth-order valence-corrected chi connectivity index (χ4v) is 3.31. The maximum absolute atomic E-state index is 3.42. The average Bonchev–Trinajstić information content (AvgIpc) is 2.61. The fraction of sp³-hybridized carbons (Fsp3) is 0. The van der Waals surface area contributed by atoms with Crippen LogP contribution in [0.4, 0.5) is 10.7 Å². The summed E-state index contributed by atoms with van der Waals surface area (Å²) < 4.78 is 0. The van der Waals surface area contributed by atoms with Crippen LogP contribution in [0, 0.1) is 0 Å². The van der Waals surface area contributed by atoms with Crippen molar-refractivity contribution in [1.82, 2.24) is 0 Å². The molecule has 64 valence electrons. The van der Waals surface area contributed by atoms with E-state index in [1.54, 1.807) is 11.3 Å². The molecule has 13 heavy (non-hydrogen) atoms. The zero-order valence-corrected chi connectivity index (χ0v) is 8.41. The predicted octanol–water partition coefficient (Wildman–Crippen LogP) is 3.96. The van der Waals surface area contributed by atoms with Gasteiger partial charge in [-0.3, -0.25) is 0 Å². The van der Waals surface area contributed by atoms with Crippen LogP contribution in [0.3, 0.4) is 0 Å². The van der Waals surface area contributed by atoms with Gasteiger partial charge >= 0.3 is 0 Å². The standard InChI is InChI=1S/C10H7NS2/c1-2-4-8-7(3-1)11-10-9(13-8)5-6-12-10/h1-6,11H. The van der Waals surface area contributed by atoms with Gasteiger partial charge in [-0.15, -0.1) is 11.3 Å². The van der Waals surface area contributed by atoms with Crippen molar-refractivity contribution in [3.8, 4) is 0 Å². The molecule has 0 saturated carbocycles. The van der Waals surface area contributed by atoms with Crippen LogP contribution in [-0.4, -0.2) is 0 Å². The molecule has 0 saturated heterocycles. The Morgan fingerprint density at radius 3 is 2.92 bits per heavy atom. The molecule has 1 aromatic heterocycles. The summed E-state index contributed by atoms with van der Waals surface area (Å²) in [5.41, 5.74) is 1.22. The molecule has 0 radical (unpaired) electrons. The van der Waals surface area contributed by atoms with Crippen LogP contribution in [0.5, 0.6) is 0 Å². The third kappa shape index (κ3) is 1.16. The Kier molecular flexibility index (Phi) is 1.60. The Morgan fingerprint density at radius 2 is 1.92 bits per heavy atom. The molecule has 0 amide bonds. The van der Waals surface area contributed by atoms with Gasteiger partial charge in [0.25, 0.3) is 0 Å². The third-order valence-electron chi connectivity index (χ3n) is 1.98. The largest absolute Gasteiger partial charge is 0.345 e. The Morgan fingerprint density at radius 1 is 1.00 bits per heavy atom. The molecule has 1 aliphatic rings. The number of anilines is 2. The second-order valence-corrected chi connectivity index (χ2v) is 4.84. The fourth-order valence-electron chi connectivity index (χ4n) is 1.37. The van der Waals surface area contributed by atoms with Crippen LogP contribution in [0.1, 0.15) is 0 Å². The average molecular weight is 205 g/mol. The maximum Gasteiger partial charge on any atom is 0.107 e. The summed E-state index contributed by atoms with van der Waals surface area (Å²) in [6.45, 7) is 0. The first kappa shape index (κ1) is 7.47. The normalized spacial score (nSPS) is 12.9. The molecule has 0 unspecified atom stereocenters. The summed E-state index contributed by atoms with van der Waals surface area (Å²) in [7, 11) is 0. The number of hydrogen-bond acceptors (Lipinski definition) is 3. The molecule has 1 N–H and O–H groups in total. The van der Waals surface area contributed by atoms with Crippen molar-refractivity contribution in [2.24, 2.45) is 0 Å². The van der Waals surface area contributed by atoms with Gasteiger partial charge in [0, 0.05) is 9.79 Å². The second-order valence-electron chi connectivity index (χ2n) is 2.84. The third-order valence-corrected chi connectivity index (χ3v) is 4.08.